The highest BCUT2D eigenvalue weighted by atomic mass is 127. The maximum atomic E-state index is 12.3. The summed E-state index contributed by atoms with van der Waals surface area (Å²) in [5.41, 5.74) is 0.855. The van der Waals surface area contributed by atoms with E-state index in [0.717, 1.165) is 51.4 Å². The van der Waals surface area contributed by atoms with Crippen molar-refractivity contribution in [3.05, 3.63) is 35.9 Å². The molecule has 1 aromatic rings. The molecule has 2 rings (SSSR count). The van der Waals surface area contributed by atoms with Crippen LogP contribution in [-0.4, -0.2) is 55.8 Å². The molecule has 0 bridgehead atoms. The first-order valence-electron chi connectivity index (χ1n) is 9.84. The molecule has 28 heavy (non-hydrogen) atoms. The van der Waals surface area contributed by atoms with Crippen LogP contribution < -0.4 is 10.6 Å². The Morgan fingerprint density at radius 3 is 2.61 bits per heavy atom. The number of aliphatic imine (C=N–C) groups is 1. The third-order valence-electron chi connectivity index (χ3n) is 4.50. The molecule has 1 saturated heterocycles. The van der Waals surface area contributed by atoms with Crippen LogP contribution in [0.3, 0.4) is 0 Å². The lowest BCUT2D eigenvalue weighted by Gasteiger charge is -2.34. The van der Waals surface area contributed by atoms with Gasteiger partial charge in [-0.2, -0.15) is 0 Å². The van der Waals surface area contributed by atoms with Gasteiger partial charge in [-0.05, 0) is 51.5 Å². The van der Waals surface area contributed by atoms with E-state index in [1.165, 1.54) is 5.56 Å². The highest BCUT2D eigenvalue weighted by molar-refractivity contribution is 14.0. The molecule has 6 nitrogen and oxygen atoms in total. The zero-order valence-corrected chi connectivity index (χ0v) is 19.9. The minimum absolute atomic E-state index is 0. The van der Waals surface area contributed by atoms with Gasteiger partial charge in [-0.3, -0.25) is 4.99 Å². The maximum absolute atomic E-state index is 12.3. The molecule has 7 heteroatoms. The smallest absolute Gasteiger partial charge is 0.410 e. The normalized spacial score (nSPS) is 17.5. The summed E-state index contributed by atoms with van der Waals surface area (Å²) in [5, 5.41) is 6.75. The van der Waals surface area contributed by atoms with Crippen LogP contribution in [0, 0.1) is 5.92 Å². The molecule has 1 aliphatic heterocycles. The van der Waals surface area contributed by atoms with Crippen LogP contribution in [-0.2, 0) is 11.2 Å². The van der Waals surface area contributed by atoms with Crippen molar-refractivity contribution < 1.29 is 9.53 Å². The minimum Gasteiger partial charge on any atom is -0.444 e. The summed E-state index contributed by atoms with van der Waals surface area (Å²) in [6.07, 6.45) is 2.86. The number of rotatable bonds is 5. The van der Waals surface area contributed by atoms with Gasteiger partial charge in [0.1, 0.15) is 5.60 Å². The number of piperidine rings is 1. The molecule has 2 N–H and O–H groups in total. The van der Waals surface area contributed by atoms with Gasteiger partial charge in [0.2, 0.25) is 0 Å². The van der Waals surface area contributed by atoms with Gasteiger partial charge in [0, 0.05) is 33.2 Å². The summed E-state index contributed by atoms with van der Waals surface area (Å²) in [6, 6.07) is 10.4. The van der Waals surface area contributed by atoms with Crippen LogP contribution in [0.15, 0.2) is 35.3 Å². The van der Waals surface area contributed by atoms with E-state index in [2.05, 4.69) is 39.9 Å². The fraction of sp³-hybridized carbons (Fsp3) is 0.619. The van der Waals surface area contributed by atoms with E-state index in [1.807, 2.05) is 31.7 Å². The Morgan fingerprint density at radius 2 is 1.96 bits per heavy atom. The minimum atomic E-state index is -0.451. The summed E-state index contributed by atoms with van der Waals surface area (Å²) in [6.45, 7) is 8.83. The largest absolute Gasteiger partial charge is 0.444 e. The number of nitrogens with zero attached hydrogens (tertiary/aromatic N) is 2. The Kier molecular flexibility index (Phi) is 10.6. The quantitative estimate of drug-likeness (QED) is 0.367. The third kappa shape index (κ3) is 9.12. The second-order valence-corrected chi connectivity index (χ2v) is 8.05. The van der Waals surface area contributed by atoms with E-state index in [9.17, 15) is 4.79 Å². The third-order valence-corrected chi connectivity index (χ3v) is 4.50. The molecule has 1 unspecified atom stereocenters. The van der Waals surface area contributed by atoms with Crippen molar-refractivity contribution in [1.29, 1.82) is 0 Å². The summed E-state index contributed by atoms with van der Waals surface area (Å²) >= 11 is 0. The number of hydrogen-bond acceptors (Lipinski definition) is 3. The average molecular weight is 502 g/mol. The second-order valence-electron chi connectivity index (χ2n) is 8.05. The fourth-order valence-electron chi connectivity index (χ4n) is 3.16. The Hall–Kier alpha value is -1.51. The summed E-state index contributed by atoms with van der Waals surface area (Å²) in [4.78, 5) is 18.4. The van der Waals surface area contributed by atoms with Crippen molar-refractivity contribution in [3.8, 4) is 0 Å². The zero-order chi connectivity index (χ0) is 19.7. The molecule has 1 aromatic carbocycles. The summed E-state index contributed by atoms with van der Waals surface area (Å²) < 4.78 is 5.50. The predicted molar refractivity (Wildman–Crippen MR) is 125 cm³/mol. The van der Waals surface area contributed by atoms with E-state index in [-0.39, 0.29) is 30.1 Å². The number of carbonyl (C=O) groups excluding carboxylic acids is 1. The van der Waals surface area contributed by atoms with Crippen molar-refractivity contribution in [2.24, 2.45) is 10.9 Å². The van der Waals surface area contributed by atoms with Gasteiger partial charge in [0.15, 0.2) is 5.96 Å². The maximum Gasteiger partial charge on any atom is 0.410 e. The molecule has 0 spiro atoms. The first-order valence-corrected chi connectivity index (χ1v) is 9.84. The summed E-state index contributed by atoms with van der Waals surface area (Å²) in [7, 11) is 1.78. The van der Waals surface area contributed by atoms with Crippen LogP contribution >= 0.6 is 24.0 Å². The Labute approximate surface area is 186 Å². The lowest BCUT2D eigenvalue weighted by molar-refractivity contribution is 0.0168. The number of nitrogens with one attached hydrogen (secondary N) is 2. The molecular weight excluding hydrogens is 467 g/mol. The number of benzene rings is 1. The second kappa shape index (κ2) is 12.1. The molecule has 0 aliphatic carbocycles. The molecule has 0 saturated carbocycles. The molecule has 1 amide bonds. The molecule has 0 aromatic heterocycles. The lowest BCUT2D eigenvalue weighted by atomic mass is 9.98. The van der Waals surface area contributed by atoms with E-state index < -0.39 is 5.60 Å². The van der Waals surface area contributed by atoms with E-state index >= 15 is 0 Å². The molecule has 0 radical (unpaired) electrons. The van der Waals surface area contributed by atoms with Gasteiger partial charge < -0.3 is 20.3 Å². The zero-order valence-electron chi connectivity index (χ0n) is 17.5. The van der Waals surface area contributed by atoms with Gasteiger partial charge >= 0.3 is 6.09 Å². The number of guanidine groups is 1. The van der Waals surface area contributed by atoms with Gasteiger partial charge in [-0.1, -0.05) is 30.3 Å². The van der Waals surface area contributed by atoms with Gasteiger partial charge in [-0.25, -0.2) is 4.79 Å². The highest BCUT2D eigenvalue weighted by Gasteiger charge is 2.27. The molecule has 158 valence electrons. The van der Waals surface area contributed by atoms with Crippen LogP contribution in [0.2, 0.25) is 0 Å². The number of carbonyl (C=O) groups is 1. The highest BCUT2D eigenvalue weighted by Crippen LogP contribution is 2.18. The van der Waals surface area contributed by atoms with E-state index in [1.54, 1.807) is 7.05 Å². The number of likely N-dealkylation sites (tertiary alicyclic amines) is 1. The number of ether oxygens (including phenoxy) is 1. The average Bonchev–Trinajstić information content (AvgIpc) is 2.64. The van der Waals surface area contributed by atoms with Crippen LogP contribution in [0.4, 0.5) is 4.79 Å². The van der Waals surface area contributed by atoms with Crippen LogP contribution in [0.5, 0.6) is 0 Å². The predicted octanol–water partition coefficient (Wildman–Crippen LogP) is 3.66. The number of amides is 1. The fourth-order valence-corrected chi connectivity index (χ4v) is 3.16. The van der Waals surface area contributed by atoms with E-state index in [0.29, 0.717) is 5.92 Å². The first kappa shape index (κ1) is 24.5. The van der Waals surface area contributed by atoms with Gasteiger partial charge in [0.05, 0.1) is 0 Å². The molecular formula is C21H35IN4O2. The van der Waals surface area contributed by atoms with Gasteiger partial charge in [0.25, 0.3) is 0 Å². The Bertz CT molecular complexity index is 617. The van der Waals surface area contributed by atoms with Crippen molar-refractivity contribution in [1.82, 2.24) is 15.5 Å². The monoisotopic (exact) mass is 502 g/mol. The number of hydrogen-bond donors (Lipinski definition) is 2. The Balaban J connectivity index is 0.00000392. The standard InChI is InChI=1S/C21H34N4O2.HI/c1-21(2,3)27-20(26)25-14-8-11-18(16-25)15-24-19(22-4)23-13-12-17-9-6-5-7-10-17;/h5-7,9-10,18H,8,11-16H2,1-4H3,(H2,22,23,24);1H. The topological polar surface area (TPSA) is 66.0 Å². The molecule has 1 heterocycles. The van der Waals surface area contributed by atoms with Crippen molar-refractivity contribution in [2.45, 2.75) is 45.6 Å². The van der Waals surface area contributed by atoms with Crippen LogP contribution in [0.1, 0.15) is 39.2 Å². The van der Waals surface area contributed by atoms with Crippen molar-refractivity contribution in [3.63, 3.8) is 0 Å². The molecule has 1 aliphatic rings. The number of halogens is 1. The van der Waals surface area contributed by atoms with E-state index in [4.69, 9.17) is 4.74 Å². The molecule has 1 fully saturated rings. The van der Waals surface area contributed by atoms with Crippen molar-refractivity contribution in [2.75, 3.05) is 33.2 Å². The Morgan fingerprint density at radius 1 is 1.25 bits per heavy atom. The van der Waals surface area contributed by atoms with Crippen LogP contribution in [0.25, 0.3) is 0 Å². The SMILES string of the molecule is CN=C(NCCc1ccccc1)NCC1CCCN(C(=O)OC(C)(C)C)C1.I. The summed E-state index contributed by atoms with van der Waals surface area (Å²) in [5.74, 6) is 1.21. The van der Waals surface area contributed by atoms with Crippen molar-refractivity contribution >= 4 is 36.0 Å². The molecule has 1 atom stereocenters. The first-order chi connectivity index (χ1) is 12.9. The van der Waals surface area contributed by atoms with Gasteiger partial charge in [-0.15, -0.1) is 24.0 Å². The lowest BCUT2D eigenvalue weighted by Crippen LogP contribution is -2.47.